The van der Waals surface area contributed by atoms with Crippen molar-refractivity contribution in [1.29, 1.82) is 0 Å². The zero-order chi connectivity index (χ0) is 27.1. The molecule has 2 aromatic rings. The summed E-state index contributed by atoms with van der Waals surface area (Å²) in [4.78, 5) is 37.0. The van der Waals surface area contributed by atoms with E-state index in [0.717, 1.165) is 28.8 Å². The Bertz CT molecular complexity index is 1130. The zero-order valence-corrected chi connectivity index (χ0v) is 22.1. The van der Waals surface area contributed by atoms with Crippen molar-refractivity contribution in [3.05, 3.63) is 53.1 Å². The van der Waals surface area contributed by atoms with Gasteiger partial charge >= 0.3 is 0 Å². The molecule has 3 atom stereocenters. The molecule has 0 radical (unpaired) electrons. The summed E-state index contributed by atoms with van der Waals surface area (Å²) in [6.07, 6.45) is 0.891. The number of ketones is 2. The molecule has 0 aromatic heterocycles. The number of hydrogen-bond donors (Lipinski definition) is 5. The van der Waals surface area contributed by atoms with Crippen LogP contribution in [-0.2, 0) is 22.6 Å². The molecule has 0 aliphatic heterocycles. The summed E-state index contributed by atoms with van der Waals surface area (Å²) >= 11 is 0. The number of carbonyl (C=O) groups excluding carboxylic acids is 3. The van der Waals surface area contributed by atoms with Gasteiger partial charge in [-0.3, -0.25) is 14.4 Å². The lowest BCUT2D eigenvalue weighted by molar-refractivity contribution is -0.131. The average molecular weight is 533 g/mol. The molecule has 0 fully saturated rings. The van der Waals surface area contributed by atoms with Gasteiger partial charge in [-0.05, 0) is 59.4 Å². The molecule has 3 rings (SSSR count). The van der Waals surface area contributed by atoms with E-state index < -0.39 is 36.6 Å². The maximum atomic E-state index is 13.2. The van der Waals surface area contributed by atoms with Gasteiger partial charge in [-0.25, -0.2) is 0 Å². The fourth-order valence-corrected chi connectivity index (χ4v) is 5.34. The first-order valence-electron chi connectivity index (χ1n) is 12.9. The number of aliphatic hydroxyl groups is 2. The summed E-state index contributed by atoms with van der Waals surface area (Å²) in [5.74, 6) is -2.84. The molecule has 38 heavy (non-hydrogen) atoms. The van der Waals surface area contributed by atoms with Gasteiger partial charge in [0.1, 0.15) is 11.5 Å². The second-order valence-electron chi connectivity index (χ2n) is 10.3. The summed E-state index contributed by atoms with van der Waals surface area (Å²) in [6.45, 7) is 4.28. The van der Waals surface area contributed by atoms with Crippen LogP contribution in [0.4, 0.5) is 0 Å². The van der Waals surface area contributed by atoms with Gasteiger partial charge in [0, 0.05) is 34.4 Å². The van der Waals surface area contributed by atoms with Gasteiger partial charge in [0.15, 0.2) is 5.78 Å². The van der Waals surface area contributed by atoms with Crippen molar-refractivity contribution in [1.82, 2.24) is 5.32 Å². The van der Waals surface area contributed by atoms with Crippen LogP contribution in [0.3, 0.4) is 0 Å². The molecule has 0 spiro atoms. The number of rotatable bonds is 13. The summed E-state index contributed by atoms with van der Waals surface area (Å²) in [6, 6.07) is 11.9. The molecule has 0 heterocycles. The van der Waals surface area contributed by atoms with Gasteiger partial charge in [-0.2, -0.15) is 0 Å². The van der Waals surface area contributed by atoms with Crippen LogP contribution in [0.25, 0.3) is 11.1 Å². The maximum absolute atomic E-state index is 13.2. The Labute approximate surface area is 226 Å². The maximum Gasteiger partial charge on any atom is 0.224 e. The number of nitrogens with one attached hydrogen (secondary N) is 1. The molecule has 9 nitrogen and oxygen atoms in total. The minimum Gasteiger partial charge on any atom is -0.507 e. The van der Waals surface area contributed by atoms with Crippen LogP contribution >= 0.6 is 0 Å². The first-order valence-corrected chi connectivity index (χ1v) is 12.9. The highest BCUT2D eigenvalue weighted by Gasteiger charge is 2.35. The largest absolute Gasteiger partial charge is 0.507 e. The van der Waals surface area contributed by atoms with Crippen molar-refractivity contribution in [3.63, 3.8) is 0 Å². The minimum atomic E-state index is -0.841. The van der Waals surface area contributed by atoms with E-state index in [0.29, 0.717) is 24.4 Å². The van der Waals surface area contributed by atoms with E-state index in [2.05, 4.69) is 19.2 Å². The van der Waals surface area contributed by atoms with Gasteiger partial charge in [-0.1, -0.05) is 44.2 Å². The highest BCUT2D eigenvalue weighted by atomic mass is 16.3. The number of aliphatic hydroxyl groups excluding tert-OH is 2. The number of fused-ring (bicyclic) bond motifs is 1. The molecule has 8 N–H and O–H groups in total. The van der Waals surface area contributed by atoms with Gasteiger partial charge in [-0.15, -0.1) is 0 Å². The Morgan fingerprint density at radius 3 is 2.37 bits per heavy atom. The predicted octanol–water partition coefficient (Wildman–Crippen LogP) is 2.41. The molecule has 9 heteroatoms. The number of benzene rings is 2. The number of hydrogen-bond acceptors (Lipinski definition) is 7. The smallest absolute Gasteiger partial charge is 0.224 e. The van der Waals surface area contributed by atoms with Crippen LogP contribution in [0, 0.1) is 17.8 Å². The number of primary amides is 1. The molecule has 1 aliphatic rings. The monoisotopic (exact) mass is 532 g/mol. The standard InChI is InChI=1S/C29H38N2O6.H2O.2H2/c1-17(2)31-15-18-3-5-20(6-4-18)22-7-8-25(34)29-23(22)12-19(13-27(29)36)11-21(9-10-32)24(16-33)26(35)14-28(30)37;;;/h3-8,17,19,21,24,31-34H,9-16H2,1-2H3,(H2,30,37);1H2;2*1H. The Hall–Kier alpha value is -3.11. The van der Waals surface area contributed by atoms with Crippen LogP contribution in [-0.4, -0.2) is 57.5 Å². The predicted molar refractivity (Wildman–Crippen MR) is 149 cm³/mol. The molecular formula is C29H44N2O7. The molecule has 0 bridgehead atoms. The Balaban J connectivity index is 0.00000507. The molecule has 3 unspecified atom stereocenters. The van der Waals surface area contributed by atoms with Crippen LogP contribution in [0.15, 0.2) is 36.4 Å². The molecule has 1 aliphatic carbocycles. The molecule has 0 saturated heterocycles. The minimum absolute atomic E-state index is 0. The van der Waals surface area contributed by atoms with Gasteiger partial charge < -0.3 is 31.8 Å². The average Bonchev–Trinajstić information content (AvgIpc) is 2.83. The van der Waals surface area contributed by atoms with Crippen molar-refractivity contribution in [2.45, 2.75) is 58.5 Å². The van der Waals surface area contributed by atoms with Crippen molar-refractivity contribution in [2.24, 2.45) is 23.5 Å². The topological polar surface area (TPSA) is 181 Å². The fourth-order valence-electron chi connectivity index (χ4n) is 5.34. The van der Waals surface area contributed by atoms with Crippen molar-refractivity contribution < 1.29 is 38.0 Å². The lowest BCUT2D eigenvalue weighted by Gasteiger charge is -2.31. The van der Waals surface area contributed by atoms with Gasteiger partial charge in [0.2, 0.25) is 5.91 Å². The molecule has 212 valence electrons. The Kier molecular flexibility index (Phi) is 11.6. The SMILES string of the molecule is CC(C)NCc1ccc(-c2ccc(O)c3c2CC(CC(CCO)C(CO)C(=O)CC(N)=O)CC3=O)cc1.O.[HH].[HH]. The van der Waals surface area contributed by atoms with Crippen molar-refractivity contribution >= 4 is 17.5 Å². The van der Waals surface area contributed by atoms with Crippen molar-refractivity contribution in [2.75, 3.05) is 13.2 Å². The molecular weight excluding hydrogens is 488 g/mol. The highest BCUT2D eigenvalue weighted by molar-refractivity contribution is 6.03. The molecule has 0 saturated carbocycles. The zero-order valence-electron chi connectivity index (χ0n) is 22.1. The lowest BCUT2D eigenvalue weighted by atomic mass is 9.72. The third-order valence-corrected chi connectivity index (χ3v) is 7.18. The van der Waals surface area contributed by atoms with Gasteiger partial charge in [0.05, 0.1) is 18.6 Å². The number of phenolic OH excluding ortho intramolecular Hbond substituents is 1. The first-order chi connectivity index (χ1) is 17.6. The summed E-state index contributed by atoms with van der Waals surface area (Å²) in [5.41, 5.74) is 9.23. The Morgan fingerprint density at radius 2 is 1.79 bits per heavy atom. The van der Waals surface area contributed by atoms with Gasteiger partial charge in [0.25, 0.3) is 0 Å². The van der Waals surface area contributed by atoms with Crippen LogP contribution in [0.2, 0.25) is 0 Å². The summed E-state index contributed by atoms with van der Waals surface area (Å²) in [7, 11) is 0. The molecule has 1 amide bonds. The van der Waals surface area contributed by atoms with E-state index in [1.165, 1.54) is 0 Å². The van der Waals surface area contributed by atoms with Crippen LogP contribution in [0.5, 0.6) is 5.75 Å². The van der Waals surface area contributed by atoms with E-state index >= 15 is 0 Å². The Morgan fingerprint density at radius 1 is 1.11 bits per heavy atom. The van der Waals surface area contributed by atoms with E-state index in [1.54, 1.807) is 6.07 Å². The number of carbonyl (C=O) groups is 3. The van der Waals surface area contributed by atoms with Crippen LogP contribution in [0.1, 0.15) is 63.9 Å². The van der Waals surface area contributed by atoms with E-state index in [4.69, 9.17) is 5.73 Å². The normalized spacial score (nSPS) is 16.4. The summed E-state index contributed by atoms with van der Waals surface area (Å²) < 4.78 is 0. The first kappa shape index (κ1) is 31.1. The second-order valence-corrected chi connectivity index (χ2v) is 10.3. The second kappa shape index (κ2) is 14.2. The number of amides is 1. The lowest BCUT2D eigenvalue weighted by Crippen LogP contribution is -2.33. The van der Waals surface area contributed by atoms with Crippen molar-refractivity contribution in [3.8, 4) is 16.9 Å². The number of Topliss-reactive ketones (excluding diaryl/α,β-unsaturated/α-hetero) is 2. The number of aromatic hydroxyl groups is 1. The van der Waals surface area contributed by atoms with E-state index in [-0.39, 0.29) is 45.2 Å². The van der Waals surface area contributed by atoms with E-state index in [9.17, 15) is 29.7 Å². The third kappa shape index (κ3) is 7.70. The van der Waals surface area contributed by atoms with E-state index in [1.807, 2.05) is 30.3 Å². The fraction of sp³-hybridized carbons (Fsp3) is 0.483. The van der Waals surface area contributed by atoms with Crippen LogP contribution < -0.4 is 11.1 Å². The summed E-state index contributed by atoms with van der Waals surface area (Å²) in [5, 5.41) is 33.4. The quantitative estimate of drug-likeness (QED) is 0.245. The highest BCUT2D eigenvalue weighted by Crippen LogP contribution is 2.41. The number of phenols is 1. The molecule has 2 aromatic carbocycles. The number of nitrogens with two attached hydrogens (primary N) is 1. The third-order valence-electron chi connectivity index (χ3n) is 7.18.